The van der Waals surface area contributed by atoms with E-state index >= 15 is 0 Å². The second-order valence-corrected chi connectivity index (χ2v) is 11.4. The number of hydrogen-bond acceptors (Lipinski definition) is 6. The maximum Gasteiger partial charge on any atom is 0.416 e. The molecule has 7 nitrogen and oxygen atoms in total. The highest BCUT2D eigenvalue weighted by molar-refractivity contribution is 5.99. The quantitative estimate of drug-likeness (QED) is 0.261. The van der Waals surface area contributed by atoms with Gasteiger partial charge < -0.3 is 19.4 Å². The van der Waals surface area contributed by atoms with Gasteiger partial charge in [0.1, 0.15) is 17.4 Å². The van der Waals surface area contributed by atoms with Crippen molar-refractivity contribution in [3.05, 3.63) is 89.4 Å². The van der Waals surface area contributed by atoms with Gasteiger partial charge in [-0.15, -0.1) is 0 Å². The number of amides is 1. The normalized spacial score (nSPS) is 17.3. The molecule has 4 aromatic rings. The summed E-state index contributed by atoms with van der Waals surface area (Å²) in [6, 6.07) is 15.1. The molecule has 43 heavy (non-hydrogen) atoms. The van der Waals surface area contributed by atoms with Gasteiger partial charge in [-0.05, 0) is 73.9 Å². The van der Waals surface area contributed by atoms with Crippen molar-refractivity contribution in [1.29, 1.82) is 0 Å². The minimum atomic E-state index is -4.34. The van der Waals surface area contributed by atoms with Gasteiger partial charge in [-0.25, -0.2) is 0 Å². The van der Waals surface area contributed by atoms with E-state index in [1.165, 1.54) is 17.7 Å². The number of benzene rings is 2. The molecule has 2 saturated heterocycles. The van der Waals surface area contributed by atoms with Gasteiger partial charge in [0.25, 0.3) is 5.91 Å². The molecule has 226 valence electrons. The lowest BCUT2D eigenvalue weighted by atomic mass is 10.0. The SMILES string of the molecule is Cc1c(C(=O)NC2CCN(Cc3ccncc3)CC2)oc2cc(OC3CCN(c4ccc(C(F)(F)F)cc4)CC3)ccc12. The number of piperidine rings is 2. The van der Waals surface area contributed by atoms with Crippen LogP contribution in [-0.4, -0.2) is 54.1 Å². The van der Waals surface area contributed by atoms with Gasteiger partial charge in [-0.3, -0.25) is 14.7 Å². The minimum Gasteiger partial charge on any atom is -0.490 e. The Labute approximate surface area is 248 Å². The van der Waals surface area contributed by atoms with Gasteiger partial charge in [0.2, 0.25) is 0 Å². The van der Waals surface area contributed by atoms with Gasteiger partial charge in [0.05, 0.1) is 5.56 Å². The molecule has 0 radical (unpaired) electrons. The third kappa shape index (κ3) is 6.80. The van der Waals surface area contributed by atoms with Crippen molar-refractivity contribution in [2.24, 2.45) is 0 Å². The summed E-state index contributed by atoms with van der Waals surface area (Å²) in [5.74, 6) is 0.804. The van der Waals surface area contributed by atoms with E-state index in [0.717, 1.165) is 74.1 Å². The van der Waals surface area contributed by atoms with Crippen LogP contribution in [0, 0.1) is 6.92 Å². The molecular weight excluding hydrogens is 557 g/mol. The number of furan rings is 1. The van der Waals surface area contributed by atoms with E-state index in [1.54, 1.807) is 0 Å². The number of carbonyl (C=O) groups is 1. The van der Waals surface area contributed by atoms with Crippen molar-refractivity contribution in [3.63, 3.8) is 0 Å². The summed E-state index contributed by atoms with van der Waals surface area (Å²) in [5, 5.41) is 4.05. The van der Waals surface area contributed by atoms with Crippen LogP contribution in [0.4, 0.5) is 18.9 Å². The van der Waals surface area contributed by atoms with Crippen molar-refractivity contribution in [2.75, 3.05) is 31.1 Å². The molecule has 2 aliphatic rings. The summed E-state index contributed by atoms with van der Waals surface area (Å²) in [6.07, 6.45) is 2.51. The summed E-state index contributed by atoms with van der Waals surface area (Å²) in [4.78, 5) is 21.7. The molecule has 2 aromatic carbocycles. The summed E-state index contributed by atoms with van der Waals surface area (Å²) < 4.78 is 51.0. The molecule has 1 N–H and O–H groups in total. The Balaban J connectivity index is 1.02. The summed E-state index contributed by atoms with van der Waals surface area (Å²) in [7, 11) is 0. The fraction of sp³-hybridized carbons (Fsp3) is 0.394. The van der Waals surface area contributed by atoms with E-state index in [4.69, 9.17) is 9.15 Å². The monoisotopic (exact) mass is 592 g/mol. The first-order valence-electron chi connectivity index (χ1n) is 14.8. The minimum absolute atomic E-state index is 0.0219. The topological polar surface area (TPSA) is 70.8 Å². The van der Waals surface area contributed by atoms with Crippen LogP contribution in [0.3, 0.4) is 0 Å². The molecule has 1 amide bonds. The number of halogens is 3. The summed E-state index contributed by atoms with van der Waals surface area (Å²) in [5.41, 5.74) is 2.79. The lowest BCUT2D eigenvalue weighted by Crippen LogP contribution is -2.44. The Morgan fingerprint density at radius 1 is 0.977 bits per heavy atom. The molecule has 0 unspecified atom stereocenters. The molecule has 0 saturated carbocycles. The van der Waals surface area contributed by atoms with Crippen LogP contribution in [0.1, 0.15) is 52.9 Å². The van der Waals surface area contributed by atoms with E-state index in [-0.39, 0.29) is 18.1 Å². The second kappa shape index (κ2) is 12.3. The van der Waals surface area contributed by atoms with Crippen molar-refractivity contribution >= 4 is 22.6 Å². The van der Waals surface area contributed by atoms with Gasteiger partial charge >= 0.3 is 6.18 Å². The van der Waals surface area contributed by atoms with Crippen LogP contribution in [0.25, 0.3) is 11.0 Å². The molecule has 0 spiro atoms. The highest BCUT2D eigenvalue weighted by atomic mass is 19.4. The molecule has 2 aromatic heterocycles. The first-order chi connectivity index (χ1) is 20.7. The maximum atomic E-state index is 13.2. The Morgan fingerprint density at radius 2 is 1.67 bits per heavy atom. The van der Waals surface area contributed by atoms with E-state index in [9.17, 15) is 18.0 Å². The standard InChI is InChI=1S/C33H35F3N4O3/c1-22-29-7-6-28(42-27-12-18-40(19-13-27)26-4-2-24(3-5-26)33(34,35)36)20-30(29)43-31(22)32(41)38-25-10-16-39(17-11-25)21-23-8-14-37-15-9-23/h2-9,14-15,20,25,27H,10-13,16-19,21H2,1H3,(H,38,41). The van der Waals surface area contributed by atoms with Crippen LogP contribution in [0.2, 0.25) is 0 Å². The highest BCUT2D eigenvalue weighted by Gasteiger charge is 2.31. The smallest absolute Gasteiger partial charge is 0.416 e. The Kier molecular flexibility index (Phi) is 8.30. The first kappa shape index (κ1) is 29.0. The van der Waals surface area contributed by atoms with Crippen LogP contribution in [0.5, 0.6) is 5.75 Å². The van der Waals surface area contributed by atoms with E-state index in [2.05, 4.69) is 20.1 Å². The fourth-order valence-electron chi connectivity index (χ4n) is 6.01. The van der Waals surface area contributed by atoms with E-state index < -0.39 is 11.7 Å². The first-order valence-corrected chi connectivity index (χ1v) is 14.8. The number of aryl methyl sites for hydroxylation is 1. The van der Waals surface area contributed by atoms with Crippen LogP contribution in [0.15, 0.2) is 71.4 Å². The van der Waals surface area contributed by atoms with Gasteiger partial charge in [-0.2, -0.15) is 13.2 Å². The number of likely N-dealkylation sites (tertiary alicyclic amines) is 1. The third-order valence-electron chi connectivity index (χ3n) is 8.50. The van der Waals surface area contributed by atoms with Crippen molar-refractivity contribution in [3.8, 4) is 5.75 Å². The number of alkyl halides is 3. The molecular formula is C33H35F3N4O3. The van der Waals surface area contributed by atoms with E-state index in [0.29, 0.717) is 30.2 Å². The number of ether oxygens (including phenoxy) is 1. The molecule has 10 heteroatoms. The summed E-state index contributed by atoms with van der Waals surface area (Å²) in [6.45, 7) is 5.98. The number of rotatable bonds is 7. The van der Waals surface area contributed by atoms with Gasteiger partial charge in [-0.1, -0.05) is 0 Å². The Bertz CT molecular complexity index is 1540. The largest absolute Gasteiger partial charge is 0.490 e. The lowest BCUT2D eigenvalue weighted by Gasteiger charge is -2.33. The zero-order chi connectivity index (χ0) is 30.0. The number of nitrogens with zero attached hydrogens (tertiary/aromatic N) is 3. The average Bonchev–Trinajstić information content (AvgIpc) is 3.34. The Morgan fingerprint density at radius 3 is 2.35 bits per heavy atom. The fourth-order valence-corrected chi connectivity index (χ4v) is 6.01. The Hall–Kier alpha value is -4.05. The average molecular weight is 593 g/mol. The van der Waals surface area contributed by atoms with Crippen molar-refractivity contribution < 1.29 is 27.1 Å². The van der Waals surface area contributed by atoms with Crippen LogP contribution < -0.4 is 15.0 Å². The number of anilines is 1. The predicted octanol–water partition coefficient (Wildman–Crippen LogP) is 6.60. The molecule has 0 atom stereocenters. The zero-order valence-electron chi connectivity index (χ0n) is 24.1. The van der Waals surface area contributed by atoms with Gasteiger partial charge in [0.15, 0.2) is 5.76 Å². The lowest BCUT2D eigenvalue weighted by molar-refractivity contribution is -0.137. The zero-order valence-corrected chi connectivity index (χ0v) is 24.1. The highest BCUT2D eigenvalue weighted by Crippen LogP contribution is 2.33. The number of pyridine rings is 1. The number of aromatic nitrogens is 1. The molecule has 0 bridgehead atoms. The molecule has 6 rings (SSSR count). The van der Waals surface area contributed by atoms with Crippen molar-refractivity contribution in [2.45, 2.75) is 57.5 Å². The van der Waals surface area contributed by atoms with Crippen LogP contribution in [-0.2, 0) is 12.7 Å². The number of fused-ring (bicyclic) bond motifs is 1. The number of hydrogen-bond donors (Lipinski definition) is 1. The molecule has 0 aliphatic carbocycles. The number of nitrogens with one attached hydrogen (secondary N) is 1. The van der Waals surface area contributed by atoms with Gasteiger partial charge in [0, 0.05) is 86.7 Å². The maximum absolute atomic E-state index is 13.2. The molecule has 2 aliphatic heterocycles. The number of carbonyl (C=O) groups excluding carboxylic acids is 1. The van der Waals surface area contributed by atoms with Crippen LogP contribution >= 0.6 is 0 Å². The van der Waals surface area contributed by atoms with Crippen molar-refractivity contribution in [1.82, 2.24) is 15.2 Å². The van der Waals surface area contributed by atoms with E-state index in [1.807, 2.05) is 49.6 Å². The molecule has 4 heterocycles. The summed E-state index contributed by atoms with van der Waals surface area (Å²) >= 11 is 0. The predicted molar refractivity (Wildman–Crippen MR) is 158 cm³/mol. The second-order valence-electron chi connectivity index (χ2n) is 11.4. The third-order valence-corrected chi connectivity index (χ3v) is 8.50. The molecule has 2 fully saturated rings.